The second-order valence-electron chi connectivity index (χ2n) is 10.1. The zero-order chi connectivity index (χ0) is 24.0. The molecule has 3 aromatic rings. The topological polar surface area (TPSA) is 78.3 Å². The van der Waals surface area contributed by atoms with Crippen LogP contribution in [0.25, 0.3) is 11.4 Å². The summed E-state index contributed by atoms with van der Waals surface area (Å²) in [5.41, 5.74) is 6.70. The number of nitrogens with one attached hydrogen (secondary N) is 2. The molecule has 2 aromatic heterocycles. The number of fused-ring (bicyclic) bond motifs is 3. The minimum atomic E-state index is -0.194. The van der Waals surface area contributed by atoms with E-state index >= 15 is 0 Å². The molecular weight excluding hydrogens is 426 g/mol. The van der Waals surface area contributed by atoms with Crippen molar-refractivity contribution in [3.8, 4) is 11.4 Å². The van der Waals surface area contributed by atoms with Crippen molar-refractivity contribution < 1.29 is 4.79 Å². The molecule has 5 rings (SSSR count). The number of carbonyl (C=O) groups is 1. The molecule has 0 unspecified atom stereocenters. The smallest absolute Gasteiger partial charge is 0.252 e. The maximum atomic E-state index is 12.6. The summed E-state index contributed by atoms with van der Waals surface area (Å²) in [6.07, 6.45) is 4.61. The summed E-state index contributed by atoms with van der Waals surface area (Å²) in [5, 5.41) is 6.19. The normalized spacial score (nSPS) is 17.1. The highest BCUT2D eigenvalue weighted by Gasteiger charge is 2.38. The number of piperazine rings is 1. The van der Waals surface area contributed by atoms with Crippen LogP contribution in [-0.2, 0) is 18.9 Å². The summed E-state index contributed by atoms with van der Waals surface area (Å²) in [5.74, 6) is 0.490. The monoisotopic (exact) mass is 459 g/mol. The highest BCUT2D eigenvalue weighted by molar-refractivity contribution is 5.98. The van der Waals surface area contributed by atoms with E-state index < -0.39 is 0 Å². The number of aryl methyl sites for hydroxylation is 1. The van der Waals surface area contributed by atoms with Gasteiger partial charge in [-0.25, -0.2) is 9.97 Å². The Bertz CT molecular complexity index is 1240. The van der Waals surface area contributed by atoms with Crippen LogP contribution >= 0.6 is 0 Å². The third-order valence-electron chi connectivity index (χ3n) is 7.02. The lowest BCUT2D eigenvalue weighted by Gasteiger charge is -2.34. The van der Waals surface area contributed by atoms with Crippen LogP contribution in [0.5, 0.6) is 0 Å². The number of hydrogen-bond acceptors (Lipinski definition) is 6. The second kappa shape index (κ2) is 8.43. The van der Waals surface area contributed by atoms with E-state index in [0.717, 1.165) is 60.8 Å². The average molecular weight is 460 g/mol. The fourth-order valence-corrected chi connectivity index (χ4v) is 5.24. The van der Waals surface area contributed by atoms with E-state index in [1.807, 2.05) is 30.1 Å². The van der Waals surface area contributed by atoms with Gasteiger partial charge in [0.1, 0.15) is 0 Å². The summed E-state index contributed by atoms with van der Waals surface area (Å²) in [6.45, 7) is 8.54. The Morgan fingerprint density at radius 1 is 1.12 bits per heavy atom. The lowest BCUT2D eigenvalue weighted by Crippen LogP contribution is -2.44. The van der Waals surface area contributed by atoms with Crippen LogP contribution < -0.4 is 15.5 Å². The van der Waals surface area contributed by atoms with Crippen molar-refractivity contribution in [2.24, 2.45) is 7.05 Å². The standard InChI is InChI=1S/C26H33N7O/c1-26(2)14-17-15-28-25(30-22(17)23-21(26)20(16-32(23)5)24(34)27-3)29-18-7-6-8-19(13-18)33-11-9-31(4)10-12-33/h6-8,13,15-16H,9-12,14H2,1-5H3,(H,27,34)(H,28,29,30). The molecule has 0 atom stereocenters. The van der Waals surface area contributed by atoms with Gasteiger partial charge in [0, 0.05) is 64.0 Å². The van der Waals surface area contributed by atoms with E-state index in [1.54, 1.807) is 7.05 Å². The molecule has 8 heteroatoms. The Hall–Kier alpha value is -3.39. The van der Waals surface area contributed by atoms with E-state index in [-0.39, 0.29) is 11.3 Å². The predicted molar refractivity (Wildman–Crippen MR) is 136 cm³/mol. The van der Waals surface area contributed by atoms with Crippen LogP contribution in [0.4, 0.5) is 17.3 Å². The van der Waals surface area contributed by atoms with E-state index in [0.29, 0.717) is 11.5 Å². The number of carbonyl (C=O) groups excluding carboxylic acids is 1. The van der Waals surface area contributed by atoms with E-state index in [1.165, 1.54) is 5.69 Å². The number of nitrogens with zero attached hydrogens (tertiary/aromatic N) is 5. The van der Waals surface area contributed by atoms with Crippen LogP contribution in [0, 0.1) is 0 Å². The van der Waals surface area contributed by atoms with Crippen molar-refractivity contribution in [1.82, 2.24) is 24.8 Å². The van der Waals surface area contributed by atoms with Gasteiger partial charge in [-0.3, -0.25) is 4.79 Å². The number of likely N-dealkylation sites (N-methyl/N-ethyl adjacent to an activating group) is 1. The van der Waals surface area contributed by atoms with Crippen molar-refractivity contribution in [2.45, 2.75) is 25.7 Å². The van der Waals surface area contributed by atoms with Crippen molar-refractivity contribution in [2.75, 3.05) is 50.5 Å². The van der Waals surface area contributed by atoms with Crippen LogP contribution in [0.3, 0.4) is 0 Å². The van der Waals surface area contributed by atoms with Gasteiger partial charge < -0.3 is 25.0 Å². The van der Waals surface area contributed by atoms with E-state index in [2.05, 4.69) is 64.5 Å². The number of amides is 1. The maximum Gasteiger partial charge on any atom is 0.252 e. The summed E-state index contributed by atoms with van der Waals surface area (Å²) >= 11 is 0. The van der Waals surface area contributed by atoms with Crippen LogP contribution in [-0.4, -0.2) is 65.6 Å². The molecule has 3 heterocycles. The first-order valence-corrected chi connectivity index (χ1v) is 11.9. The van der Waals surface area contributed by atoms with E-state index in [4.69, 9.17) is 4.98 Å². The van der Waals surface area contributed by atoms with Gasteiger partial charge in [0.05, 0.1) is 17.0 Å². The maximum absolute atomic E-state index is 12.6. The van der Waals surface area contributed by atoms with Crippen LogP contribution in [0.15, 0.2) is 36.7 Å². The zero-order valence-electron chi connectivity index (χ0n) is 20.6. The number of benzene rings is 1. The van der Waals surface area contributed by atoms with Crippen molar-refractivity contribution in [1.29, 1.82) is 0 Å². The van der Waals surface area contributed by atoms with Crippen LogP contribution in [0.1, 0.15) is 35.3 Å². The van der Waals surface area contributed by atoms with Gasteiger partial charge in [0.25, 0.3) is 5.91 Å². The lowest BCUT2D eigenvalue weighted by atomic mass is 9.72. The predicted octanol–water partition coefficient (Wildman–Crippen LogP) is 3.17. The first-order chi connectivity index (χ1) is 16.3. The fourth-order valence-electron chi connectivity index (χ4n) is 5.24. The van der Waals surface area contributed by atoms with Crippen molar-refractivity contribution in [3.05, 3.63) is 53.3 Å². The Kier molecular flexibility index (Phi) is 5.56. The molecule has 2 N–H and O–H groups in total. The van der Waals surface area contributed by atoms with Gasteiger partial charge in [-0.05, 0) is 48.2 Å². The van der Waals surface area contributed by atoms with Gasteiger partial charge in [-0.2, -0.15) is 0 Å². The van der Waals surface area contributed by atoms with Crippen molar-refractivity contribution in [3.63, 3.8) is 0 Å². The highest BCUT2D eigenvalue weighted by atomic mass is 16.1. The summed E-state index contributed by atoms with van der Waals surface area (Å²) in [4.78, 5) is 26.9. The van der Waals surface area contributed by atoms with Gasteiger partial charge >= 0.3 is 0 Å². The molecule has 0 spiro atoms. The zero-order valence-corrected chi connectivity index (χ0v) is 20.6. The molecule has 178 valence electrons. The van der Waals surface area contributed by atoms with Gasteiger partial charge in [-0.15, -0.1) is 0 Å². The Labute approximate surface area is 201 Å². The molecule has 1 aliphatic heterocycles. The molecule has 1 aromatic carbocycles. The number of anilines is 3. The highest BCUT2D eigenvalue weighted by Crippen LogP contribution is 2.44. The fraction of sp³-hybridized carbons (Fsp3) is 0.423. The SMILES string of the molecule is CNC(=O)c1cn(C)c2c1C(C)(C)Cc1cnc(Nc3cccc(N4CCN(C)CC4)c3)nc1-2. The first-order valence-electron chi connectivity index (χ1n) is 11.9. The second-order valence-corrected chi connectivity index (χ2v) is 10.1. The molecule has 0 saturated carbocycles. The summed E-state index contributed by atoms with van der Waals surface area (Å²) in [6, 6.07) is 8.43. The molecule has 2 aliphatic rings. The molecule has 1 amide bonds. The van der Waals surface area contributed by atoms with Crippen LogP contribution in [0.2, 0.25) is 0 Å². The number of aromatic nitrogens is 3. The minimum Gasteiger partial charge on any atom is -0.369 e. The third kappa shape index (κ3) is 3.92. The van der Waals surface area contributed by atoms with E-state index in [9.17, 15) is 4.79 Å². The third-order valence-corrected chi connectivity index (χ3v) is 7.02. The first kappa shape index (κ1) is 22.4. The molecule has 0 radical (unpaired) electrons. The molecule has 1 saturated heterocycles. The lowest BCUT2D eigenvalue weighted by molar-refractivity contribution is 0.0961. The average Bonchev–Trinajstić information content (AvgIpc) is 3.18. The largest absolute Gasteiger partial charge is 0.369 e. The summed E-state index contributed by atoms with van der Waals surface area (Å²) in [7, 11) is 5.82. The molecule has 34 heavy (non-hydrogen) atoms. The minimum absolute atomic E-state index is 0.0681. The Balaban J connectivity index is 1.48. The van der Waals surface area contributed by atoms with Gasteiger partial charge in [-0.1, -0.05) is 19.9 Å². The van der Waals surface area contributed by atoms with Gasteiger partial charge in [0.15, 0.2) is 0 Å². The Morgan fingerprint density at radius 2 is 1.88 bits per heavy atom. The van der Waals surface area contributed by atoms with Crippen molar-refractivity contribution >= 4 is 23.2 Å². The number of hydrogen-bond donors (Lipinski definition) is 2. The molecular formula is C26H33N7O. The molecule has 0 bridgehead atoms. The summed E-state index contributed by atoms with van der Waals surface area (Å²) < 4.78 is 2.02. The number of rotatable bonds is 4. The Morgan fingerprint density at radius 3 is 2.62 bits per heavy atom. The quantitative estimate of drug-likeness (QED) is 0.624. The molecule has 1 aliphatic carbocycles. The van der Waals surface area contributed by atoms with Gasteiger partial charge in [0.2, 0.25) is 5.95 Å². The molecule has 8 nitrogen and oxygen atoms in total. The molecule has 1 fully saturated rings.